The highest BCUT2D eigenvalue weighted by Crippen LogP contribution is 2.30. The monoisotopic (exact) mass is 234 g/mol. The van der Waals surface area contributed by atoms with Crippen LogP contribution in [0.4, 0.5) is 5.69 Å². The summed E-state index contributed by atoms with van der Waals surface area (Å²) in [6, 6.07) is 5.64. The van der Waals surface area contributed by atoms with Gasteiger partial charge in [0.1, 0.15) is 0 Å². The van der Waals surface area contributed by atoms with Gasteiger partial charge in [-0.25, -0.2) is 0 Å². The number of nitrogens with two attached hydrogens (primary N) is 1. The van der Waals surface area contributed by atoms with Crippen molar-refractivity contribution in [3.63, 3.8) is 0 Å². The fraction of sp³-hybridized carbons (Fsp3) is 0.462. The number of hydrogen-bond donors (Lipinski definition) is 1. The maximum Gasteiger partial charge on any atom is 0.257 e. The third kappa shape index (κ3) is 2.07. The highest BCUT2D eigenvalue weighted by Gasteiger charge is 2.28. The topological polar surface area (TPSA) is 55.6 Å². The van der Waals surface area contributed by atoms with Gasteiger partial charge in [-0.15, -0.1) is 0 Å². The number of methoxy groups -OCH3 is 1. The van der Waals surface area contributed by atoms with Gasteiger partial charge in [0.05, 0.1) is 18.4 Å². The summed E-state index contributed by atoms with van der Waals surface area (Å²) >= 11 is 0. The molecule has 0 bridgehead atoms. The lowest BCUT2D eigenvalue weighted by atomic mass is 9.91. The third-order valence-corrected chi connectivity index (χ3v) is 3.42. The predicted octanol–water partition coefficient (Wildman–Crippen LogP) is 1.90. The van der Waals surface area contributed by atoms with Gasteiger partial charge in [0.25, 0.3) is 5.91 Å². The van der Waals surface area contributed by atoms with Gasteiger partial charge in [0, 0.05) is 13.1 Å². The average molecular weight is 234 g/mol. The van der Waals surface area contributed by atoms with Crippen LogP contribution in [0.5, 0.6) is 5.75 Å². The molecule has 0 unspecified atom stereocenters. The molecule has 0 saturated heterocycles. The van der Waals surface area contributed by atoms with Crippen LogP contribution >= 0.6 is 0 Å². The van der Waals surface area contributed by atoms with E-state index in [2.05, 4.69) is 0 Å². The van der Waals surface area contributed by atoms with Crippen molar-refractivity contribution in [2.45, 2.75) is 25.3 Å². The van der Waals surface area contributed by atoms with Crippen LogP contribution in [0.2, 0.25) is 0 Å². The first-order valence-corrected chi connectivity index (χ1v) is 5.84. The smallest absolute Gasteiger partial charge is 0.257 e. The van der Waals surface area contributed by atoms with E-state index in [1.165, 1.54) is 13.5 Å². The van der Waals surface area contributed by atoms with Crippen LogP contribution in [-0.2, 0) is 0 Å². The zero-order valence-corrected chi connectivity index (χ0v) is 10.3. The summed E-state index contributed by atoms with van der Waals surface area (Å²) in [5.74, 6) is 0.461. The van der Waals surface area contributed by atoms with Crippen molar-refractivity contribution in [1.29, 1.82) is 0 Å². The minimum Gasteiger partial charge on any atom is -0.494 e. The van der Waals surface area contributed by atoms with E-state index in [1.807, 2.05) is 7.05 Å². The Morgan fingerprint density at radius 3 is 2.71 bits per heavy atom. The molecule has 0 heterocycles. The molecule has 92 valence electrons. The van der Waals surface area contributed by atoms with Crippen molar-refractivity contribution in [2.24, 2.45) is 0 Å². The second kappa shape index (κ2) is 4.65. The maximum atomic E-state index is 12.3. The Morgan fingerprint density at radius 2 is 2.18 bits per heavy atom. The van der Waals surface area contributed by atoms with Crippen LogP contribution < -0.4 is 10.5 Å². The number of ether oxygens (including phenoxy) is 1. The number of carbonyl (C=O) groups excluding carboxylic acids is 1. The minimum absolute atomic E-state index is 0.0150. The molecule has 0 aliphatic heterocycles. The van der Waals surface area contributed by atoms with Gasteiger partial charge in [0.15, 0.2) is 5.75 Å². The molecular weight excluding hydrogens is 216 g/mol. The van der Waals surface area contributed by atoms with E-state index >= 15 is 0 Å². The highest BCUT2D eigenvalue weighted by atomic mass is 16.5. The largest absolute Gasteiger partial charge is 0.494 e. The highest BCUT2D eigenvalue weighted by molar-refractivity contribution is 5.98. The molecule has 1 aliphatic rings. The predicted molar refractivity (Wildman–Crippen MR) is 67.1 cm³/mol. The summed E-state index contributed by atoms with van der Waals surface area (Å²) in [7, 11) is 3.38. The van der Waals surface area contributed by atoms with Crippen LogP contribution in [0.25, 0.3) is 0 Å². The van der Waals surface area contributed by atoms with Gasteiger partial charge < -0.3 is 15.4 Å². The average Bonchev–Trinajstić information content (AvgIpc) is 2.25. The molecule has 0 spiro atoms. The van der Waals surface area contributed by atoms with E-state index in [0.29, 0.717) is 23.0 Å². The van der Waals surface area contributed by atoms with Gasteiger partial charge in [-0.3, -0.25) is 4.79 Å². The molecule has 0 aromatic heterocycles. The summed E-state index contributed by atoms with van der Waals surface area (Å²) in [5, 5.41) is 0. The first-order valence-electron chi connectivity index (χ1n) is 5.84. The zero-order chi connectivity index (χ0) is 12.4. The number of anilines is 1. The Balaban J connectivity index is 2.26. The summed E-state index contributed by atoms with van der Waals surface area (Å²) in [6.45, 7) is 0. The fourth-order valence-corrected chi connectivity index (χ4v) is 2.08. The number of para-hydroxylation sites is 1. The Hall–Kier alpha value is -1.71. The number of hydrogen-bond acceptors (Lipinski definition) is 3. The zero-order valence-electron chi connectivity index (χ0n) is 10.3. The van der Waals surface area contributed by atoms with E-state index in [1.54, 1.807) is 23.1 Å². The summed E-state index contributed by atoms with van der Waals surface area (Å²) in [6.07, 6.45) is 3.39. The Morgan fingerprint density at radius 1 is 1.47 bits per heavy atom. The van der Waals surface area contributed by atoms with Crippen LogP contribution in [-0.4, -0.2) is 31.0 Å². The molecule has 4 heteroatoms. The fourth-order valence-electron chi connectivity index (χ4n) is 2.08. The number of amides is 1. The molecule has 4 nitrogen and oxygen atoms in total. The summed E-state index contributed by atoms with van der Waals surface area (Å²) < 4.78 is 5.21. The van der Waals surface area contributed by atoms with Crippen molar-refractivity contribution in [3.8, 4) is 5.75 Å². The lowest BCUT2D eigenvalue weighted by molar-refractivity contribution is 0.0649. The SMILES string of the molecule is COc1c(N)cccc1C(=O)N(C)C1CCC1. The second-order valence-electron chi connectivity index (χ2n) is 4.43. The van der Waals surface area contributed by atoms with Crippen molar-refractivity contribution >= 4 is 11.6 Å². The van der Waals surface area contributed by atoms with Gasteiger partial charge in [-0.2, -0.15) is 0 Å². The van der Waals surface area contributed by atoms with Crippen LogP contribution in [0.15, 0.2) is 18.2 Å². The van der Waals surface area contributed by atoms with Crippen molar-refractivity contribution in [3.05, 3.63) is 23.8 Å². The van der Waals surface area contributed by atoms with E-state index < -0.39 is 0 Å². The summed E-state index contributed by atoms with van der Waals surface area (Å²) in [5.41, 5.74) is 6.84. The molecule has 0 radical (unpaired) electrons. The lowest BCUT2D eigenvalue weighted by Crippen LogP contribution is -2.41. The first kappa shape index (κ1) is 11.8. The number of carbonyl (C=O) groups is 1. The Labute approximate surface area is 101 Å². The summed E-state index contributed by atoms with van der Waals surface area (Å²) in [4.78, 5) is 14.1. The minimum atomic E-state index is -0.0150. The molecule has 1 aromatic carbocycles. The normalized spacial score (nSPS) is 15.2. The number of nitrogens with zero attached hydrogens (tertiary/aromatic N) is 1. The molecule has 0 atom stereocenters. The van der Waals surface area contributed by atoms with Crippen molar-refractivity contribution < 1.29 is 9.53 Å². The molecule has 1 fully saturated rings. The van der Waals surface area contributed by atoms with E-state index in [9.17, 15) is 4.79 Å². The van der Waals surface area contributed by atoms with Gasteiger partial charge >= 0.3 is 0 Å². The van der Waals surface area contributed by atoms with E-state index in [0.717, 1.165) is 12.8 Å². The molecule has 2 N–H and O–H groups in total. The van der Waals surface area contributed by atoms with E-state index in [-0.39, 0.29) is 5.91 Å². The number of rotatable bonds is 3. The molecule has 17 heavy (non-hydrogen) atoms. The van der Waals surface area contributed by atoms with Gasteiger partial charge in [0.2, 0.25) is 0 Å². The Kier molecular flexibility index (Phi) is 3.22. The first-order chi connectivity index (χ1) is 8.15. The quantitative estimate of drug-likeness (QED) is 0.813. The third-order valence-electron chi connectivity index (χ3n) is 3.42. The molecule has 1 aromatic rings. The van der Waals surface area contributed by atoms with Crippen LogP contribution in [0.1, 0.15) is 29.6 Å². The number of benzene rings is 1. The van der Waals surface area contributed by atoms with Crippen molar-refractivity contribution in [2.75, 3.05) is 19.9 Å². The Bertz CT molecular complexity index is 427. The molecule has 1 saturated carbocycles. The van der Waals surface area contributed by atoms with E-state index in [4.69, 9.17) is 10.5 Å². The van der Waals surface area contributed by atoms with Crippen molar-refractivity contribution in [1.82, 2.24) is 4.90 Å². The molecule has 1 aliphatic carbocycles. The maximum absolute atomic E-state index is 12.3. The van der Waals surface area contributed by atoms with Gasteiger partial charge in [-0.05, 0) is 31.4 Å². The molecular formula is C13H18N2O2. The molecule has 1 amide bonds. The van der Waals surface area contributed by atoms with Crippen LogP contribution in [0, 0.1) is 0 Å². The standard InChI is InChI=1S/C13H18N2O2/c1-15(9-5-3-6-9)13(16)10-7-4-8-11(14)12(10)17-2/h4,7-9H,3,5-6,14H2,1-2H3. The second-order valence-corrected chi connectivity index (χ2v) is 4.43. The van der Waals surface area contributed by atoms with Gasteiger partial charge in [-0.1, -0.05) is 6.07 Å². The molecule has 2 rings (SSSR count). The lowest BCUT2D eigenvalue weighted by Gasteiger charge is -2.35. The van der Waals surface area contributed by atoms with Crippen LogP contribution in [0.3, 0.4) is 0 Å². The number of nitrogen functional groups attached to an aromatic ring is 1.